The number of aryl methyl sites for hydroxylation is 1. The van der Waals surface area contributed by atoms with Crippen molar-refractivity contribution in [3.05, 3.63) is 199 Å². The van der Waals surface area contributed by atoms with Gasteiger partial charge in [0.1, 0.15) is 0 Å². The largest absolute Gasteiger partial charge is 0.309 e. The van der Waals surface area contributed by atoms with E-state index in [4.69, 9.17) is 0 Å². The number of hydrogen-bond acceptors (Lipinski definition) is 1. The van der Waals surface area contributed by atoms with Crippen molar-refractivity contribution in [3.8, 4) is 33.4 Å². The van der Waals surface area contributed by atoms with Gasteiger partial charge in [0, 0.05) is 21.3 Å². The molecule has 0 aromatic heterocycles. The summed E-state index contributed by atoms with van der Waals surface area (Å²) in [7, 11) is -3.22. The molecule has 0 saturated heterocycles. The van der Waals surface area contributed by atoms with Gasteiger partial charge in [0.05, 0.1) is 0 Å². The molecule has 2 heteroatoms. The Hall–Kier alpha value is -5.23. The topological polar surface area (TPSA) is 17.1 Å². The minimum atomic E-state index is -3.22. The van der Waals surface area contributed by atoms with Crippen LogP contribution < -0.4 is 15.9 Å². The van der Waals surface area contributed by atoms with E-state index >= 15 is 4.57 Å². The molecule has 1 saturated carbocycles. The number of rotatable bonds is 8. The zero-order valence-electron chi connectivity index (χ0n) is 29.2. The molecular formula is C49H43OP. The van der Waals surface area contributed by atoms with Crippen molar-refractivity contribution in [2.24, 2.45) is 0 Å². The van der Waals surface area contributed by atoms with Crippen LogP contribution in [0.5, 0.6) is 0 Å². The third kappa shape index (κ3) is 6.44. The van der Waals surface area contributed by atoms with E-state index in [0.29, 0.717) is 0 Å². The summed E-state index contributed by atoms with van der Waals surface area (Å²) < 4.78 is 15.9. The number of hydrogen-bond donors (Lipinski definition) is 0. The Morgan fingerprint density at radius 2 is 0.824 bits per heavy atom. The molecule has 7 aromatic rings. The second-order valence-corrected chi connectivity index (χ2v) is 16.8. The molecule has 1 unspecified atom stereocenters. The Labute approximate surface area is 303 Å². The van der Waals surface area contributed by atoms with Gasteiger partial charge in [-0.25, -0.2) is 0 Å². The molecule has 7 aromatic carbocycles. The van der Waals surface area contributed by atoms with Crippen LogP contribution in [0.15, 0.2) is 182 Å². The lowest BCUT2D eigenvalue weighted by molar-refractivity contribution is 0.346. The second kappa shape index (κ2) is 14.2. The Morgan fingerprint density at radius 3 is 1.37 bits per heavy atom. The molecule has 1 aliphatic carbocycles. The van der Waals surface area contributed by atoms with E-state index in [-0.39, 0.29) is 5.41 Å². The van der Waals surface area contributed by atoms with Crippen molar-refractivity contribution in [2.75, 3.05) is 0 Å². The van der Waals surface area contributed by atoms with E-state index in [2.05, 4.69) is 159 Å². The van der Waals surface area contributed by atoms with Gasteiger partial charge < -0.3 is 4.57 Å². The maximum absolute atomic E-state index is 15.9. The quantitative estimate of drug-likeness (QED) is 0.146. The van der Waals surface area contributed by atoms with Crippen molar-refractivity contribution in [1.82, 2.24) is 0 Å². The lowest BCUT2D eigenvalue weighted by Crippen LogP contribution is -2.31. The van der Waals surface area contributed by atoms with Crippen LogP contribution >= 0.6 is 7.14 Å². The van der Waals surface area contributed by atoms with Crippen LogP contribution in [0.25, 0.3) is 33.4 Å². The monoisotopic (exact) mass is 678 g/mol. The highest BCUT2D eigenvalue weighted by molar-refractivity contribution is 7.85. The van der Waals surface area contributed by atoms with Crippen molar-refractivity contribution in [2.45, 2.75) is 44.4 Å². The molecule has 1 aliphatic rings. The Balaban J connectivity index is 1.24. The van der Waals surface area contributed by atoms with Crippen LogP contribution in [-0.2, 0) is 9.98 Å². The first-order valence-corrected chi connectivity index (χ1v) is 19.9. The Kier molecular flexibility index (Phi) is 9.16. The van der Waals surface area contributed by atoms with Crippen LogP contribution in [-0.4, -0.2) is 0 Å². The van der Waals surface area contributed by atoms with Crippen LogP contribution in [0.1, 0.15) is 48.8 Å². The summed E-state index contributed by atoms with van der Waals surface area (Å²) in [6.45, 7) is 2.16. The van der Waals surface area contributed by atoms with E-state index in [1.165, 1.54) is 47.1 Å². The van der Waals surface area contributed by atoms with Gasteiger partial charge in [-0.3, -0.25) is 0 Å². The van der Waals surface area contributed by atoms with Gasteiger partial charge in [-0.1, -0.05) is 183 Å². The van der Waals surface area contributed by atoms with Gasteiger partial charge in [0.15, 0.2) is 7.14 Å². The first kappa shape index (κ1) is 32.9. The summed E-state index contributed by atoms with van der Waals surface area (Å²) >= 11 is 0. The smallest absolute Gasteiger partial charge is 0.171 e. The third-order valence-electron chi connectivity index (χ3n) is 10.9. The molecule has 51 heavy (non-hydrogen) atoms. The zero-order valence-corrected chi connectivity index (χ0v) is 30.1. The molecule has 0 aliphatic heterocycles. The fourth-order valence-corrected chi connectivity index (χ4v) is 10.8. The standard InChI is InChI=1S/C49H43OP/c1-37-23-25-44(26-24-37)49(31-12-5-13-32-49)45-27-29-47(30-28-45)51(50,46-20-10-4-11-21-46)48-22-14-19-40(36-48)43-34-41(38-15-6-2-7-16-38)33-42(35-43)39-17-8-3-9-18-39/h2-4,6-11,14-30,33-36H,5,12-13,31-32H2,1H3. The summed E-state index contributed by atoms with van der Waals surface area (Å²) in [4.78, 5) is 0. The van der Waals surface area contributed by atoms with E-state index in [9.17, 15) is 0 Å². The first-order chi connectivity index (χ1) is 25.0. The van der Waals surface area contributed by atoms with Crippen LogP contribution in [0.2, 0.25) is 0 Å². The fraction of sp³-hybridized carbons (Fsp3) is 0.143. The molecule has 1 nitrogen and oxygen atoms in total. The molecule has 0 radical (unpaired) electrons. The average Bonchev–Trinajstić information content (AvgIpc) is 3.22. The van der Waals surface area contributed by atoms with Gasteiger partial charge in [-0.15, -0.1) is 0 Å². The molecule has 0 spiro atoms. The highest BCUT2D eigenvalue weighted by Gasteiger charge is 2.37. The van der Waals surface area contributed by atoms with Gasteiger partial charge >= 0.3 is 0 Å². The van der Waals surface area contributed by atoms with E-state index in [1.54, 1.807) is 0 Å². The molecule has 1 fully saturated rings. The second-order valence-electron chi connectivity index (χ2n) is 14.1. The summed E-state index contributed by atoms with van der Waals surface area (Å²) in [5, 5.41) is 2.56. The van der Waals surface area contributed by atoms with Crippen molar-refractivity contribution in [3.63, 3.8) is 0 Å². The Morgan fingerprint density at radius 1 is 0.392 bits per heavy atom. The van der Waals surface area contributed by atoms with Crippen molar-refractivity contribution < 1.29 is 4.57 Å². The lowest BCUT2D eigenvalue weighted by Gasteiger charge is -2.39. The van der Waals surface area contributed by atoms with Crippen molar-refractivity contribution >= 4 is 23.1 Å². The Bertz CT molecular complexity index is 2230. The molecule has 0 bridgehead atoms. The van der Waals surface area contributed by atoms with E-state index < -0.39 is 7.14 Å². The number of benzene rings is 7. The van der Waals surface area contributed by atoms with Gasteiger partial charge in [-0.05, 0) is 88.5 Å². The van der Waals surface area contributed by atoms with Gasteiger partial charge in [0.2, 0.25) is 0 Å². The summed E-state index contributed by atoms with van der Waals surface area (Å²) in [5.74, 6) is 0. The van der Waals surface area contributed by atoms with E-state index in [1.807, 2.05) is 30.3 Å². The van der Waals surface area contributed by atoms with Crippen molar-refractivity contribution in [1.29, 1.82) is 0 Å². The SMILES string of the molecule is Cc1ccc(C2(c3ccc(P(=O)(c4ccccc4)c4cccc(-c5cc(-c6ccccc6)cc(-c6ccccc6)c5)c4)cc3)CCCCC2)cc1. The lowest BCUT2D eigenvalue weighted by atomic mass is 9.65. The van der Waals surface area contributed by atoms with Gasteiger partial charge in [-0.2, -0.15) is 0 Å². The summed E-state index contributed by atoms with van der Waals surface area (Å²) in [6.07, 6.45) is 6.01. The maximum Gasteiger partial charge on any atom is 0.171 e. The normalized spacial score (nSPS) is 15.2. The van der Waals surface area contributed by atoms with Crippen LogP contribution in [0, 0.1) is 6.92 Å². The predicted octanol–water partition coefficient (Wildman–Crippen LogP) is 11.9. The summed E-state index contributed by atoms with van der Waals surface area (Å²) in [5.41, 5.74) is 10.8. The average molecular weight is 679 g/mol. The predicted molar refractivity (Wildman–Crippen MR) is 217 cm³/mol. The minimum absolute atomic E-state index is 0.0125. The van der Waals surface area contributed by atoms with E-state index in [0.717, 1.165) is 51.0 Å². The molecule has 8 rings (SSSR count). The molecule has 0 heterocycles. The third-order valence-corrected chi connectivity index (χ3v) is 14.0. The van der Waals surface area contributed by atoms with Gasteiger partial charge in [0.25, 0.3) is 0 Å². The molecule has 1 atom stereocenters. The van der Waals surface area contributed by atoms with Crippen LogP contribution in [0.3, 0.4) is 0 Å². The first-order valence-electron chi connectivity index (χ1n) is 18.2. The molecular weight excluding hydrogens is 636 g/mol. The molecule has 0 N–H and O–H groups in total. The molecule has 0 amide bonds. The molecule has 250 valence electrons. The summed E-state index contributed by atoms with van der Waals surface area (Å²) in [6, 6.07) is 64.4. The van der Waals surface area contributed by atoms with Crippen LogP contribution in [0.4, 0.5) is 0 Å². The highest BCUT2D eigenvalue weighted by atomic mass is 31.2. The minimum Gasteiger partial charge on any atom is -0.309 e. The highest BCUT2D eigenvalue weighted by Crippen LogP contribution is 2.47. The fourth-order valence-electron chi connectivity index (χ4n) is 8.12. The zero-order chi connectivity index (χ0) is 34.7. The maximum atomic E-state index is 15.9.